The van der Waals surface area contributed by atoms with Crippen LogP contribution in [-0.2, 0) is 4.79 Å². The number of nitrogens with one attached hydrogen (secondary N) is 1. The van der Waals surface area contributed by atoms with Crippen LogP contribution in [0.15, 0.2) is 0 Å². The molecule has 4 nitrogen and oxygen atoms in total. The van der Waals surface area contributed by atoms with E-state index in [9.17, 15) is 4.79 Å². The van der Waals surface area contributed by atoms with E-state index in [0.29, 0.717) is 0 Å². The second-order valence-corrected chi connectivity index (χ2v) is 6.37. The standard InChI is InChI=1S/C15H33N3O/c1-7-13(4)11-18(6)10-8-9-15(5,14(16)19)17-12(2)3/h12-13,17H,7-11H2,1-6H3,(H2,16,19). The van der Waals surface area contributed by atoms with Crippen LogP contribution in [0, 0.1) is 5.92 Å². The molecule has 0 rings (SSSR count). The number of carbonyl (C=O) groups excluding carboxylic acids is 1. The molecule has 0 heterocycles. The number of hydrogen-bond acceptors (Lipinski definition) is 3. The first-order chi connectivity index (χ1) is 8.71. The molecule has 114 valence electrons. The third-order valence-electron chi connectivity index (χ3n) is 3.69. The molecule has 0 saturated heterocycles. The Balaban J connectivity index is 4.16. The Hall–Kier alpha value is -0.610. The van der Waals surface area contributed by atoms with Crippen LogP contribution in [0.4, 0.5) is 0 Å². The SMILES string of the molecule is CCC(C)CN(C)CCCC(C)(NC(C)C)C(N)=O. The lowest BCUT2D eigenvalue weighted by Gasteiger charge is -2.30. The maximum atomic E-state index is 11.6. The highest BCUT2D eigenvalue weighted by Crippen LogP contribution is 2.14. The molecular weight excluding hydrogens is 238 g/mol. The summed E-state index contributed by atoms with van der Waals surface area (Å²) in [5, 5.41) is 3.29. The maximum absolute atomic E-state index is 11.6. The summed E-state index contributed by atoms with van der Waals surface area (Å²) in [6.45, 7) is 12.6. The van der Waals surface area contributed by atoms with Gasteiger partial charge in [0.15, 0.2) is 0 Å². The smallest absolute Gasteiger partial charge is 0.237 e. The monoisotopic (exact) mass is 271 g/mol. The average molecular weight is 271 g/mol. The van der Waals surface area contributed by atoms with Crippen LogP contribution < -0.4 is 11.1 Å². The van der Waals surface area contributed by atoms with Crippen molar-refractivity contribution in [3.8, 4) is 0 Å². The van der Waals surface area contributed by atoms with Crippen LogP contribution >= 0.6 is 0 Å². The average Bonchev–Trinajstić information content (AvgIpc) is 2.27. The van der Waals surface area contributed by atoms with E-state index in [0.717, 1.165) is 31.8 Å². The Morgan fingerprint density at radius 1 is 1.37 bits per heavy atom. The number of nitrogens with two attached hydrogens (primary N) is 1. The molecule has 3 N–H and O–H groups in total. The zero-order chi connectivity index (χ0) is 15.1. The van der Waals surface area contributed by atoms with Crippen LogP contribution in [0.2, 0.25) is 0 Å². The highest BCUT2D eigenvalue weighted by atomic mass is 16.1. The lowest BCUT2D eigenvalue weighted by atomic mass is 9.93. The van der Waals surface area contributed by atoms with Gasteiger partial charge in [-0.05, 0) is 53.1 Å². The van der Waals surface area contributed by atoms with Crippen LogP contribution in [0.3, 0.4) is 0 Å². The lowest BCUT2D eigenvalue weighted by molar-refractivity contribution is -0.124. The topological polar surface area (TPSA) is 58.4 Å². The van der Waals surface area contributed by atoms with Gasteiger partial charge in [-0.1, -0.05) is 20.3 Å². The van der Waals surface area contributed by atoms with E-state index in [-0.39, 0.29) is 11.9 Å². The summed E-state index contributed by atoms with van der Waals surface area (Å²) >= 11 is 0. The van der Waals surface area contributed by atoms with E-state index >= 15 is 0 Å². The van der Waals surface area contributed by atoms with Crippen LogP contribution in [0.1, 0.15) is 53.9 Å². The fourth-order valence-electron chi connectivity index (χ4n) is 2.36. The molecule has 0 aromatic carbocycles. The molecule has 0 fully saturated rings. The Bertz CT molecular complexity index is 268. The van der Waals surface area contributed by atoms with Gasteiger partial charge in [0.25, 0.3) is 0 Å². The molecule has 1 amide bonds. The van der Waals surface area contributed by atoms with Gasteiger partial charge < -0.3 is 16.0 Å². The molecular formula is C15H33N3O. The molecule has 2 unspecified atom stereocenters. The van der Waals surface area contributed by atoms with E-state index < -0.39 is 5.54 Å². The predicted octanol–water partition coefficient (Wildman–Crippen LogP) is 1.99. The molecule has 0 aromatic rings. The van der Waals surface area contributed by atoms with Crippen molar-refractivity contribution in [2.24, 2.45) is 11.7 Å². The number of primary amides is 1. The first kappa shape index (κ1) is 18.4. The predicted molar refractivity (Wildman–Crippen MR) is 82.1 cm³/mol. The third kappa shape index (κ3) is 7.53. The zero-order valence-electron chi connectivity index (χ0n) is 13.6. The van der Waals surface area contributed by atoms with Crippen molar-refractivity contribution in [3.05, 3.63) is 0 Å². The van der Waals surface area contributed by atoms with Gasteiger partial charge in [0.2, 0.25) is 5.91 Å². The maximum Gasteiger partial charge on any atom is 0.237 e. The minimum atomic E-state index is -0.592. The second kappa shape index (κ2) is 8.54. The lowest BCUT2D eigenvalue weighted by Crippen LogP contribution is -2.55. The van der Waals surface area contributed by atoms with Crippen LogP contribution in [0.5, 0.6) is 0 Å². The van der Waals surface area contributed by atoms with Crippen LogP contribution in [-0.4, -0.2) is 42.5 Å². The van der Waals surface area contributed by atoms with Gasteiger partial charge in [-0.2, -0.15) is 0 Å². The van der Waals surface area contributed by atoms with E-state index in [1.807, 2.05) is 20.8 Å². The Labute approximate surface area is 119 Å². The van der Waals surface area contributed by atoms with Crippen molar-refractivity contribution < 1.29 is 4.79 Å². The highest BCUT2D eigenvalue weighted by molar-refractivity contribution is 5.84. The molecule has 0 aliphatic heterocycles. The molecule has 2 atom stereocenters. The van der Waals surface area contributed by atoms with Crippen molar-refractivity contribution in [3.63, 3.8) is 0 Å². The Morgan fingerprint density at radius 2 is 1.95 bits per heavy atom. The number of nitrogens with zero attached hydrogens (tertiary/aromatic N) is 1. The van der Waals surface area contributed by atoms with Crippen molar-refractivity contribution >= 4 is 5.91 Å². The Kier molecular flexibility index (Phi) is 8.26. The molecule has 0 aromatic heterocycles. The molecule has 0 radical (unpaired) electrons. The summed E-state index contributed by atoms with van der Waals surface area (Å²) < 4.78 is 0. The largest absolute Gasteiger partial charge is 0.368 e. The summed E-state index contributed by atoms with van der Waals surface area (Å²) in [5.74, 6) is 0.465. The molecule has 0 spiro atoms. The van der Waals surface area contributed by atoms with Crippen molar-refractivity contribution in [1.29, 1.82) is 0 Å². The van der Waals surface area contributed by atoms with Gasteiger partial charge >= 0.3 is 0 Å². The quantitative estimate of drug-likeness (QED) is 0.639. The number of carbonyl (C=O) groups is 1. The first-order valence-corrected chi connectivity index (χ1v) is 7.47. The fourth-order valence-corrected chi connectivity index (χ4v) is 2.36. The Morgan fingerprint density at radius 3 is 2.37 bits per heavy atom. The van der Waals surface area contributed by atoms with Crippen LogP contribution in [0.25, 0.3) is 0 Å². The molecule has 0 saturated carbocycles. The van der Waals surface area contributed by atoms with Gasteiger partial charge in [0.1, 0.15) is 0 Å². The zero-order valence-corrected chi connectivity index (χ0v) is 13.6. The number of hydrogen-bond donors (Lipinski definition) is 2. The molecule has 0 bridgehead atoms. The molecule has 0 aliphatic carbocycles. The molecule has 19 heavy (non-hydrogen) atoms. The summed E-state index contributed by atoms with van der Waals surface area (Å²) in [6, 6.07) is 0.260. The van der Waals surface area contributed by atoms with E-state index in [1.54, 1.807) is 0 Å². The van der Waals surface area contributed by atoms with Crippen molar-refractivity contribution in [1.82, 2.24) is 10.2 Å². The number of rotatable bonds is 10. The van der Waals surface area contributed by atoms with Crippen molar-refractivity contribution in [2.75, 3.05) is 20.1 Å². The minimum Gasteiger partial charge on any atom is -0.368 e. The van der Waals surface area contributed by atoms with Gasteiger partial charge in [-0.3, -0.25) is 4.79 Å². The normalized spacial score (nSPS) is 16.6. The summed E-state index contributed by atoms with van der Waals surface area (Å²) in [7, 11) is 2.14. The van der Waals surface area contributed by atoms with Gasteiger partial charge in [0.05, 0.1) is 5.54 Å². The van der Waals surface area contributed by atoms with E-state index in [2.05, 4.69) is 31.1 Å². The van der Waals surface area contributed by atoms with E-state index in [1.165, 1.54) is 6.42 Å². The van der Waals surface area contributed by atoms with E-state index in [4.69, 9.17) is 5.73 Å². The van der Waals surface area contributed by atoms with Gasteiger partial charge in [-0.15, -0.1) is 0 Å². The highest BCUT2D eigenvalue weighted by Gasteiger charge is 2.30. The van der Waals surface area contributed by atoms with Gasteiger partial charge in [-0.25, -0.2) is 0 Å². The minimum absolute atomic E-state index is 0.259. The second-order valence-electron chi connectivity index (χ2n) is 6.37. The summed E-state index contributed by atoms with van der Waals surface area (Å²) in [4.78, 5) is 13.9. The van der Waals surface area contributed by atoms with Crippen molar-refractivity contribution in [2.45, 2.75) is 65.5 Å². The molecule has 0 aliphatic rings. The fraction of sp³-hybridized carbons (Fsp3) is 0.933. The first-order valence-electron chi connectivity index (χ1n) is 7.47. The van der Waals surface area contributed by atoms with Gasteiger partial charge in [0, 0.05) is 12.6 Å². The molecule has 4 heteroatoms. The number of amides is 1. The third-order valence-corrected chi connectivity index (χ3v) is 3.69. The summed E-state index contributed by atoms with van der Waals surface area (Å²) in [6.07, 6.45) is 2.97. The summed E-state index contributed by atoms with van der Waals surface area (Å²) in [5.41, 5.74) is 4.93.